The fourth-order valence-electron chi connectivity index (χ4n) is 1.67. The lowest BCUT2D eigenvalue weighted by Crippen LogP contribution is -2.40. The van der Waals surface area contributed by atoms with Crippen LogP contribution < -0.4 is 10.5 Å². The lowest BCUT2D eigenvalue weighted by atomic mass is 10.1. The van der Waals surface area contributed by atoms with E-state index in [0.29, 0.717) is 18.7 Å². The van der Waals surface area contributed by atoms with Gasteiger partial charge in [0.1, 0.15) is 10.8 Å². The largest absolute Gasteiger partial charge is 0.389 e. The van der Waals surface area contributed by atoms with Gasteiger partial charge in [-0.25, -0.2) is 4.39 Å². The van der Waals surface area contributed by atoms with E-state index in [2.05, 4.69) is 4.72 Å². The van der Waals surface area contributed by atoms with Gasteiger partial charge in [-0.15, -0.1) is 0 Å². The van der Waals surface area contributed by atoms with E-state index in [4.69, 9.17) is 18.0 Å². The third-order valence-corrected chi connectivity index (χ3v) is 4.77. The van der Waals surface area contributed by atoms with Crippen LogP contribution in [0, 0.1) is 5.82 Å². The topological polar surface area (TPSA) is 75.4 Å². The Kier molecular flexibility index (Phi) is 6.00. The second-order valence-electron chi connectivity index (χ2n) is 4.08. The molecule has 0 aromatic heterocycles. The molecule has 0 unspecified atom stereocenters. The first-order valence-electron chi connectivity index (χ1n) is 6.14. The van der Waals surface area contributed by atoms with Crippen molar-refractivity contribution in [3.8, 4) is 0 Å². The molecule has 0 aliphatic carbocycles. The molecule has 0 atom stereocenters. The van der Waals surface area contributed by atoms with Gasteiger partial charge >= 0.3 is 0 Å². The SMILES string of the molecule is CCN(CC)S(=O)(=O)NCc1ccc(C(N)=S)cc1F. The number of rotatable bonds is 7. The number of nitrogens with zero attached hydrogens (tertiary/aromatic N) is 1. The standard InChI is InChI=1S/C12H18FN3O2S2/c1-3-16(4-2)20(17,18)15-8-10-6-5-9(12(14)19)7-11(10)13/h5-7,15H,3-4,8H2,1-2H3,(H2,14,19). The molecule has 0 amide bonds. The highest BCUT2D eigenvalue weighted by atomic mass is 32.2. The van der Waals surface area contributed by atoms with Crippen molar-refractivity contribution in [2.24, 2.45) is 5.73 Å². The molecule has 20 heavy (non-hydrogen) atoms. The second kappa shape index (κ2) is 7.07. The van der Waals surface area contributed by atoms with Crippen molar-refractivity contribution in [2.75, 3.05) is 13.1 Å². The van der Waals surface area contributed by atoms with Gasteiger partial charge < -0.3 is 5.73 Å². The second-order valence-corrected chi connectivity index (χ2v) is 6.28. The molecule has 5 nitrogen and oxygen atoms in total. The van der Waals surface area contributed by atoms with Crippen LogP contribution in [0.3, 0.4) is 0 Å². The summed E-state index contributed by atoms with van der Waals surface area (Å²) in [5.74, 6) is -0.544. The van der Waals surface area contributed by atoms with E-state index in [-0.39, 0.29) is 17.1 Å². The minimum absolute atomic E-state index is 0.0965. The number of nitrogens with one attached hydrogen (secondary N) is 1. The number of nitrogens with two attached hydrogens (primary N) is 1. The van der Waals surface area contributed by atoms with Gasteiger partial charge in [0.2, 0.25) is 0 Å². The predicted molar refractivity (Wildman–Crippen MR) is 81.0 cm³/mol. The molecule has 0 bridgehead atoms. The fraction of sp³-hybridized carbons (Fsp3) is 0.417. The zero-order chi connectivity index (χ0) is 15.3. The van der Waals surface area contributed by atoms with Crippen LogP contribution in [0.5, 0.6) is 0 Å². The van der Waals surface area contributed by atoms with Gasteiger partial charge in [0.25, 0.3) is 10.2 Å². The molecule has 8 heteroatoms. The summed E-state index contributed by atoms with van der Waals surface area (Å²) < 4.78 is 41.2. The molecule has 0 saturated carbocycles. The van der Waals surface area contributed by atoms with Crippen LogP contribution in [0.15, 0.2) is 18.2 Å². The van der Waals surface area contributed by atoms with Gasteiger partial charge in [0.05, 0.1) is 0 Å². The van der Waals surface area contributed by atoms with Crippen molar-refractivity contribution in [3.05, 3.63) is 35.1 Å². The maximum absolute atomic E-state index is 13.8. The Bertz CT molecular complexity index is 586. The molecule has 1 aromatic carbocycles. The summed E-state index contributed by atoms with van der Waals surface area (Å²) >= 11 is 4.75. The molecule has 0 heterocycles. The molecule has 0 spiro atoms. The Balaban J connectivity index is 2.83. The maximum atomic E-state index is 13.8. The molecular formula is C12H18FN3O2S2. The van der Waals surface area contributed by atoms with E-state index < -0.39 is 16.0 Å². The van der Waals surface area contributed by atoms with Crippen molar-refractivity contribution >= 4 is 27.4 Å². The Morgan fingerprint density at radius 2 is 2.00 bits per heavy atom. The molecular weight excluding hydrogens is 301 g/mol. The minimum Gasteiger partial charge on any atom is -0.389 e. The summed E-state index contributed by atoms with van der Waals surface area (Å²) in [5, 5.41) is 0. The van der Waals surface area contributed by atoms with Crippen LogP contribution in [0.4, 0.5) is 4.39 Å². The Morgan fingerprint density at radius 3 is 2.45 bits per heavy atom. The molecule has 1 rings (SSSR count). The van der Waals surface area contributed by atoms with E-state index in [1.807, 2.05) is 0 Å². The van der Waals surface area contributed by atoms with E-state index >= 15 is 0 Å². The molecule has 0 aliphatic rings. The monoisotopic (exact) mass is 319 g/mol. The Morgan fingerprint density at radius 1 is 1.40 bits per heavy atom. The minimum atomic E-state index is -3.60. The van der Waals surface area contributed by atoms with Gasteiger partial charge in [-0.2, -0.15) is 17.4 Å². The number of hydrogen-bond acceptors (Lipinski definition) is 3. The predicted octanol–water partition coefficient (Wildman–Crippen LogP) is 1.14. The molecule has 0 aliphatic heterocycles. The lowest BCUT2D eigenvalue weighted by molar-refractivity contribution is 0.434. The van der Waals surface area contributed by atoms with Crippen molar-refractivity contribution < 1.29 is 12.8 Å². The van der Waals surface area contributed by atoms with Crippen LogP contribution in [0.1, 0.15) is 25.0 Å². The van der Waals surface area contributed by atoms with E-state index in [1.54, 1.807) is 19.9 Å². The highest BCUT2D eigenvalue weighted by Crippen LogP contribution is 2.11. The van der Waals surface area contributed by atoms with Crippen LogP contribution in [0.2, 0.25) is 0 Å². The molecule has 0 saturated heterocycles. The van der Waals surface area contributed by atoms with Crippen molar-refractivity contribution in [3.63, 3.8) is 0 Å². The van der Waals surface area contributed by atoms with E-state index in [0.717, 1.165) is 0 Å². The van der Waals surface area contributed by atoms with Gasteiger partial charge in [-0.3, -0.25) is 0 Å². The highest BCUT2D eigenvalue weighted by Gasteiger charge is 2.18. The number of thiocarbonyl (C=S) groups is 1. The lowest BCUT2D eigenvalue weighted by Gasteiger charge is -2.19. The van der Waals surface area contributed by atoms with Crippen molar-refractivity contribution in [1.82, 2.24) is 9.03 Å². The summed E-state index contributed by atoms with van der Waals surface area (Å²) in [7, 11) is -3.60. The molecule has 112 valence electrons. The third kappa shape index (κ3) is 4.20. The summed E-state index contributed by atoms with van der Waals surface area (Å²) in [6.07, 6.45) is 0. The molecule has 0 fully saturated rings. The van der Waals surface area contributed by atoms with Crippen molar-refractivity contribution in [2.45, 2.75) is 20.4 Å². The number of benzene rings is 1. The summed E-state index contributed by atoms with van der Waals surface area (Å²) in [5.41, 5.74) is 6.05. The van der Waals surface area contributed by atoms with Crippen LogP contribution in [-0.4, -0.2) is 30.8 Å². The maximum Gasteiger partial charge on any atom is 0.279 e. The highest BCUT2D eigenvalue weighted by molar-refractivity contribution is 7.87. The van der Waals surface area contributed by atoms with Crippen LogP contribution in [-0.2, 0) is 16.8 Å². The number of hydrogen-bond donors (Lipinski definition) is 2. The summed E-state index contributed by atoms with van der Waals surface area (Å²) in [6, 6.07) is 4.23. The first-order valence-corrected chi connectivity index (χ1v) is 7.99. The summed E-state index contributed by atoms with van der Waals surface area (Å²) in [6.45, 7) is 4.06. The molecule has 3 N–H and O–H groups in total. The number of halogens is 1. The summed E-state index contributed by atoms with van der Waals surface area (Å²) in [4.78, 5) is 0.0965. The quantitative estimate of drug-likeness (QED) is 0.739. The van der Waals surface area contributed by atoms with Gasteiger partial charge in [-0.1, -0.05) is 38.2 Å². The van der Waals surface area contributed by atoms with Gasteiger partial charge in [0, 0.05) is 30.8 Å². The van der Waals surface area contributed by atoms with E-state index in [1.165, 1.54) is 16.4 Å². The molecule has 1 aromatic rings. The normalized spacial score (nSPS) is 11.8. The van der Waals surface area contributed by atoms with Gasteiger partial charge in [0.15, 0.2) is 0 Å². The zero-order valence-electron chi connectivity index (χ0n) is 11.4. The average molecular weight is 319 g/mol. The zero-order valence-corrected chi connectivity index (χ0v) is 13.0. The first kappa shape index (κ1) is 17.0. The first-order chi connectivity index (χ1) is 9.31. The Labute approximate surface area is 124 Å². The molecule has 0 radical (unpaired) electrons. The fourth-order valence-corrected chi connectivity index (χ4v) is 2.99. The third-order valence-electron chi connectivity index (χ3n) is 2.83. The van der Waals surface area contributed by atoms with Crippen LogP contribution in [0.25, 0.3) is 0 Å². The average Bonchev–Trinajstić information content (AvgIpc) is 2.38. The van der Waals surface area contributed by atoms with Crippen molar-refractivity contribution in [1.29, 1.82) is 0 Å². The van der Waals surface area contributed by atoms with Gasteiger partial charge in [-0.05, 0) is 6.07 Å². The van der Waals surface area contributed by atoms with E-state index in [9.17, 15) is 12.8 Å². The van der Waals surface area contributed by atoms with Crippen LogP contribution >= 0.6 is 12.2 Å². The Hall–Kier alpha value is -1.09. The smallest absolute Gasteiger partial charge is 0.279 e.